The summed E-state index contributed by atoms with van der Waals surface area (Å²) < 4.78 is 5.39. The number of aryl methyl sites for hydroxylation is 2. The van der Waals surface area contributed by atoms with Gasteiger partial charge in [-0.2, -0.15) is 0 Å². The average molecular weight is 195 g/mol. The largest absolute Gasteiger partial charge is 0.481 e. The fourth-order valence-corrected chi connectivity index (χ4v) is 1.95. The second kappa shape index (κ2) is 3.44. The summed E-state index contributed by atoms with van der Waals surface area (Å²) in [6.45, 7) is 1.76. The second-order valence-corrected chi connectivity index (χ2v) is 3.68. The molecule has 0 fully saturated rings. The van der Waals surface area contributed by atoms with Crippen molar-refractivity contribution in [3.05, 3.63) is 17.3 Å². The normalized spacial score (nSPS) is 21.4. The summed E-state index contributed by atoms with van der Waals surface area (Å²) in [5.74, 6) is 0.0851. The van der Waals surface area contributed by atoms with Crippen LogP contribution in [-0.2, 0) is 11.2 Å². The molecule has 0 amide bonds. The van der Waals surface area contributed by atoms with Gasteiger partial charge in [-0.1, -0.05) is 6.42 Å². The Morgan fingerprint density at radius 2 is 2.36 bits per heavy atom. The molecule has 2 rings (SSSR count). The van der Waals surface area contributed by atoms with E-state index in [9.17, 15) is 4.79 Å². The standard InChI is InChI=1S/C10H13NO3/c1-6-11-9-7(10(12)13)4-2-3-5-8(9)14-6/h7H,2-5H2,1H3,(H,12,13). The summed E-state index contributed by atoms with van der Waals surface area (Å²) in [7, 11) is 0. The number of aliphatic carboxylic acids is 1. The molecule has 0 aliphatic heterocycles. The first-order chi connectivity index (χ1) is 6.68. The number of rotatable bonds is 1. The van der Waals surface area contributed by atoms with E-state index in [4.69, 9.17) is 9.52 Å². The number of nitrogens with zero attached hydrogens (tertiary/aromatic N) is 1. The number of oxazole rings is 1. The van der Waals surface area contributed by atoms with Crippen molar-refractivity contribution >= 4 is 5.97 Å². The van der Waals surface area contributed by atoms with Crippen LogP contribution >= 0.6 is 0 Å². The van der Waals surface area contributed by atoms with Crippen LogP contribution in [0.4, 0.5) is 0 Å². The maximum Gasteiger partial charge on any atom is 0.312 e. The van der Waals surface area contributed by atoms with Gasteiger partial charge in [0.05, 0.1) is 5.69 Å². The molecule has 1 heterocycles. The van der Waals surface area contributed by atoms with Crippen LogP contribution in [0.1, 0.15) is 42.5 Å². The third kappa shape index (κ3) is 1.52. The average Bonchev–Trinajstić information content (AvgIpc) is 2.35. The first-order valence-electron chi connectivity index (χ1n) is 4.87. The van der Waals surface area contributed by atoms with Crippen LogP contribution < -0.4 is 0 Å². The smallest absolute Gasteiger partial charge is 0.312 e. The molecule has 0 radical (unpaired) electrons. The molecule has 1 aliphatic carbocycles. The topological polar surface area (TPSA) is 63.3 Å². The van der Waals surface area contributed by atoms with Gasteiger partial charge < -0.3 is 9.52 Å². The predicted molar refractivity (Wildman–Crippen MR) is 49.2 cm³/mol. The van der Waals surface area contributed by atoms with Gasteiger partial charge in [0.2, 0.25) is 0 Å². The van der Waals surface area contributed by atoms with Gasteiger partial charge in [-0.05, 0) is 12.8 Å². The number of carboxylic acid groups (broad SMARTS) is 1. The molecule has 1 aromatic rings. The molecule has 14 heavy (non-hydrogen) atoms. The minimum atomic E-state index is -0.790. The summed E-state index contributed by atoms with van der Waals surface area (Å²) in [4.78, 5) is 15.2. The van der Waals surface area contributed by atoms with E-state index in [1.54, 1.807) is 6.92 Å². The van der Waals surface area contributed by atoms with Crippen LogP contribution in [0.3, 0.4) is 0 Å². The van der Waals surface area contributed by atoms with E-state index in [-0.39, 0.29) is 0 Å². The fourth-order valence-electron chi connectivity index (χ4n) is 1.95. The Morgan fingerprint density at radius 1 is 1.57 bits per heavy atom. The van der Waals surface area contributed by atoms with E-state index in [0.717, 1.165) is 25.0 Å². The maximum absolute atomic E-state index is 11.0. The van der Waals surface area contributed by atoms with Gasteiger partial charge in [0.15, 0.2) is 5.89 Å². The van der Waals surface area contributed by atoms with E-state index in [0.29, 0.717) is 18.0 Å². The lowest BCUT2D eigenvalue weighted by molar-refractivity contribution is -0.139. The third-order valence-corrected chi connectivity index (χ3v) is 2.61. The minimum absolute atomic E-state index is 0.468. The molecule has 1 aliphatic rings. The Balaban J connectivity index is 2.40. The molecule has 1 unspecified atom stereocenters. The molecule has 0 bridgehead atoms. The summed E-state index contributed by atoms with van der Waals surface area (Å²) in [6.07, 6.45) is 3.42. The highest BCUT2D eigenvalue weighted by molar-refractivity contribution is 5.75. The molecule has 1 atom stereocenters. The monoisotopic (exact) mass is 195 g/mol. The van der Waals surface area contributed by atoms with Gasteiger partial charge in [-0.15, -0.1) is 0 Å². The van der Waals surface area contributed by atoms with Gasteiger partial charge >= 0.3 is 5.97 Å². The van der Waals surface area contributed by atoms with Gasteiger partial charge in [0.1, 0.15) is 11.7 Å². The lowest BCUT2D eigenvalue weighted by Gasteiger charge is -2.05. The third-order valence-electron chi connectivity index (χ3n) is 2.61. The Hall–Kier alpha value is -1.32. The van der Waals surface area contributed by atoms with E-state index >= 15 is 0 Å². The zero-order valence-corrected chi connectivity index (χ0v) is 8.12. The predicted octanol–water partition coefficient (Wildman–Crippen LogP) is 1.88. The van der Waals surface area contributed by atoms with E-state index < -0.39 is 11.9 Å². The number of carboxylic acids is 1. The van der Waals surface area contributed by atoms with Crippen molar-refractivity contribution in [3.63, 3.8) is 0 Å². The molecule has 0 saturated carbocycles. The first-order valence-corrected chi connectivity index (χ1v) is 4.87. The van der Waals surface area contributed by atoms with Gasteiger partial charge in [-0.3, -0.25) is 4.79 Å². The Labute approximate surface area is 81.9 Å². The van der Waals surface area contributed by atoms with E-state index in [1.165, 1.54) is 0 Å². The highest BCUT2D eigenvalue weighted by Crippen LogP contribution is 2.30. The minimum Gasteiger partial charge on any atom is -0.481 e. The number of aromatic nitrogens is 1. The quantitative estimate of drug-likeness (QED) is 0.695. The van der Waals surface area contributed by atoms with Gasteiger partial charge in [-0.25, -0.2) is 4.98 Å². The summed E-state index contributed by atoms with van der Waals surface area (Å²) in [5, 5.41) is 9.04. The molecule has 1 aromatic heterocycles. The van der Waals surface area contributed by atoms with Gasteiger partial charge in [0, 0.05) is 13.3 Å². The fraction of sp³-hybridized carbons (Fsp3) is 0.600. The highest BCUT2D eigenvalue weighted by atomic mass is 16.4. The Kier molecular flexibility index (Phi) is 2.27. The van der Waals surface area contributed by atoms with Crippen molar-refractivity contribution < 1.29 is 14.3 Å². The van der Waals surface area contributed by atoms with Crippen molar-refractivity contribution in [2.45, 2.75) is 38.5 Å². The summed E-state index contributed by atoms with van der Waals surface area (Å²) in [6, 6.07) is 0. The van der Waals surface area contributed by atoms with Crippen LogP contribution in [0.15, 0.2) is 4.42 Å². The number of fused-ring (bicyclic) bond motifs is 1. The molecule has 76 valence electrons. The Morgan fingerprint density at radius 3 is 3.07 bits per heavy atom. The molecule has 4 nitrogen and oxygen atoms in total. The van der Waals surface area contributed by atoms with Crippen LogP contribution in [0.2, 0.25) is 0 Å². The zero-order chi connectivity index (χ0) is 10.1. The summed E-state index contributed by atoms with van der Waals surface area (Å²) in [5.41, 5.74) is 0.646. The van der Waals surface area contributed by atoms with Crippen LogP contribution in [0.5, 0.6) is 0 Å². The molecular formula is C10H13NO3. The van der Waals surface area contributed by atoms with Crippen molar-refractivity contribution in [2.75, 3.05) is 0 Å². The highest BCUT2D eigenvalue weighted by Gasteiger charge is 2.28. The van der Waals surface area contributed by atoms with Crippen molar-refractivity contribution in [3.8, 4) is 0 Å². The first kappa shape index (κ1) is 9.24. The lowest BCUT2D eigenvalue weighted by Crippen LogP contribution is -2.12. The Bertz CT molecular complexity index is 356. The molecule has 0 saturated heterocycles. The second-order valence-electron chi connectivity index (χ2n) is 3.68. The zero-order valence-electron chi connectivity index (χ0n) is 8.12. The number of carbonyl (C=O) groups is 1. The molecular weight excluding hydrogens is 182 g/mol. The van der Waals surface area contributed by atoms with Crippen molar-refractivity contribution in [1.82, 2.24) is 4.98 Å². The number of hydrogen-bond acceptors (Lipinski definition) is 3. The van der Waals surface area contributed by atoms with Crippen LogP contribution in [0, 0.1) is 6.92 Å². The molecule has 4 heteroatoms. The van der Waals surface area contributed by atoms with Crippen LogP contribution in [0.25, 0.3) is 0 Å². The molecule has 0 aromatic carbocycles. The maximum atomic E-state index is 11.0. The molecule has 0 spiro atoms. The van der Waals surface area contributed by atoms with E-state index in [2.05, 4.69) is 4.98 Å². The molecule has 1 N–H and O–H groups in total. The summed E-state index contributed by atoms with van der Waals surface area (Å²) >= 11 is 0. The van der Waals surface area contributed by atoms with E-state index in [1.807, 2.05) is 0 Å². The lowest BCUT2D eigenvalue weighted by atomic mass is 10.0. The van der Waals surface area contributed by atoms with Crippen molar-refractivity contribution in [1.29, 1.82) is 0 Å². The van der Waals surface area contributed by atoms with Crippen LogP contribution in [-0.4, -0.2) is 16.1 Å². The number of hydrogen-bond donors (Lipinski definition) is 1. The SMILES string of the molecule is Cc1nc2c(o1)CCCCC2C(=O)O. The van der Waals surface area contributed by atoms with Crippen molar-refractivity contribution in [2.24, 2.45) is 0 Å². The van der Waals surface area contributed by atoms with Gasteiger partial charge in [0.25, 0.3) is 0 Å².